The number of fused-ring (bicyclic) bond motifs is 4. The van der Waals surface area contributed by atoms with E-state index in [1.54, 1.807) is 19.9 Å². The number of carbonyl (C=O) groups excluding carboxylic acids is 2. The molecule has 5 fully saturated rings. The number of esters is 1. The van der Waals surface area contributed by atoms with Gasteiger partial charge in [-0.2, -0.15) is 0 Å². The number of allylic oxidation sites excluding steroid dienone is 1. The van der Waals surface area contributed by atoms with Gasteiger partial charge in [0, 0.05) is 16.9 Å². The predicted molar refractivity (Wildman–Crippen MR) is 124 cm³/mol. The van der Waals surface area contributed by atoms with Gasteiger partial charge in [0.05, 0.1) is 17.1 Å². The quantitative estimate of drug-likeness (QED) is 0.357. The molecule has 0 aromatic rings. The lowest BCUT2D eigenvalue weighted by Gasteiger charge is -2.72. The van der Waals surface area contributed by atoms with E-state index in [9.17, 15) is 24.9 Å². The van der Waals surface area contributed by atoms with Gasteiger partial charge in [0.25, 0.3) is 0 Å². The SMILES string of the molecule is CC1=C(C)C2(OC1=O)C(O)C(C)C1(O)CCC3C4CC5OC56CC=CC(=O)C6(C)C4CC2(O)C31C. The average molecular weight is 485 g/mol. The van der Waals surface area contributed by atoms with Gasteiger partial charge in [-0.05, 0) is 82.3 Å². The van der Waals surface area contributed by atoms with E-state index in [0.717, 1.165) is 6.42 Å². The van der Waals surface area contributed by atoms with Gasteiger partial charge in [-0.15, -0.1) is 0 Å². The maximum atomic E-state index is 13.6. The zero-order valence-corrected chi connectivity index (χ0v) is 21.1. The molecule has 7 rings (SSSR count). The maximum absolute atomic E-state index is 13.6. The summed E-state index contributed by atoms with van der Waals surface area (Å²) in [7, 11) is 0. The van der Waals surface area contributed by atoms with Crippen molar-refractivity contribution < 1.29 is 34.4 Å². The molecule has 2 aliphatic heterocycles. The van der Waals surface area contributed by atoms with Crippen LogP contribution in [0.5, 0.6) is 0 Å². The van der Waals surface area contributed by atoms with Crippen LogP contribution in [0, 0.1) is 34.5 Å². The van der Waals surface area contributed by atoms with Crippen LogP contribution >= 0.6 is 0 Å². The van der Waals surface area contributed by atoms with E-state index in [4.69, 9.17) is 9.47 Å². The molecule has 0 aromatic heterocycles. The molecule has 2 heterocycles. The Morgan fingerprint density at radius 2 is 1.83 bits per heavy atom. The highest BCUT2D eigenvalue weighted by molar-refractivity contribution is 5.98. The first-order valence-electron chi connectivity index (χ1n) is 13.2. The summed E-state index contributed by atoms with van der Waals surface area (Å²) in [6.07, 6.45) is 5.04. The Hall–Kier alpha value is -1.54. The van der Waals surface area contributed by atoms with E-state index in [0.29, 0.717) is 30.4 Å². The Labute approximate surface area is 205 Å². The van der Waals surface area contributed by atoms with Crippen molar-refractivity contribution in [3.8, 4) is 0 Å². The Bertz CT molecular complexity index is 1160. The van der Waals surface area contributed by atoms with Gasteiger partial charge in [-0.3, -0.25) is 4.79 Å². The Kier molecular flexibility index (Phi) is 3.85. The van der Waals surface area contributed by atoms with Gasteiger partial charge in [-0.25, -0.2) is 4.79 Å². The summed E-state index contributed by atoms with van der Waals surface area (Å²) in [5.74, 6) is -1.38. The topological polar surface area (TPSA) is 117 Å². The van der Waals surface area contributed by atoms with E-state index < -0.39 is 51.2 Å². The van der Waals surface area contributed by atoms with Gasteiger partial charge >= 0.3 is 5.97 Å². The van der Waals surface area contributed by atoms with Crippen molar-refractivity contribution in [3.05, 3.63) is 23.3 Å². The Morgan fingerprint density at radius 3 is 2.49 bits per heavy atom. The van der Waals surface area contributed by atoms with Gasteiger partial charge < -0.3 is 24.8 Å². The summed E-state index contributed by atoms with van der Waals surface area (Å²) >= 11 is 0. The van der Waals surface area contributed by atoms with E-state index in [1.165, 1.54) is 0 Å². The van der Waals surface area contributed by atoms with Crippen molar-refractivity contribution in [1.29, 1.82) is 0 Å². The number of hydrogen-bond donors (Lipinski definition) is 3. The summed E-state index contributed by atoms with van der Waals surface area (Å²) in [5, 5.41) is 37.1. The minimum absolute atomic E-state index is 0.000107. The first-order chi connectivity index (χ1) is 16.3. The van der Waals surface area contributed by atoms with Gasteiger partial charge in [0.15, 0.2) is 11.4 Å². The van der Waals surface area contributed by atoms with Crippen LogP contribution in [0.4, 0.5) is 0 Å². The molecule has 2 spiro atoms. The number of aliphatic hydroxyl groups excluding tert-OH is 1. The molecule has 0 amide bonds. The molecule has 3 N–H and O–H groups in total. The van der Waals surface area contributed by atoms with E-state index >= 15 is 0 Å². The third-order valence-electron chi connectivity index (χ3n) is 12.9. The van der Waals surface area contributed by atoms with E-state index in [2.05, 4.69) is 0 Å². The lowest BCUT2D eigenvalue weighted by Crippen LogP contribution is -2.84. The Balaban J connectivity index is 1.49. The van der Waals surface area contributed by atoms with E-state index in [-0.39, 0.29) is 36.1 Å². The second-order valence-corrected chi connectivity index (χ2v) is 13.1. The van der Waals surface area contributed by atoms with Crippen molar-refractivity contribution in [1.82, 2.24) is 0 Å². The second kappa shape index (κ2) is 5.95. The zero-order valence-electron chi connectivity index (χ0n) is 21.1. The molecule has 7 heteroatoms. The molecule has 7 nitrogen and oxygen atoms in total. The number of carbonyl (C=O) groups is 2. The van der Waals surface area contributed by atoms with E-state index in [1.807, 2.05) is 26.8 Å². The van der Waals surface area contributed by atoms with Crippen LogP contribution in [0.15, 0.2) is 23.3 Å². The van der Waals surface area contributed by atoms with Crippen LogP contribution in [-0.2, 0) is 19.1 Å². The minimum Gasteiger partial charge on any atom is -0.445 e. The fourth-order valence-electron chi connectivity index (χ4n) is 10.8. The lowest BCUT2D eigenvalue weighted by molar-refractivity contribution is -0.358. The van der Waals surface area contributed by atoms with Crippen molar-refractivity contribution in [2.24, 2.45) is 34.5 Å². The van der Waals surface area contributed by atoms with Gasteiger partial charge in [-0.1, -0.05) is 19.9 Å². The van der Waals surface area contributed by atoms with Gasteiger partial charge in [0.2, 0.25) is 0 Å². The first-order valence-corrected chi connectivity index (χ1v) is 13.2. The number of ketones is 1. The first kappa shape index (κ1) is 22.6. The normalized spacial score (nSPS) is 61.8. The molecule has 0 radical (unpaired) electrons. The standard InChI is InChI=1S/C28H36O7/c1-13-14(2)28(35-22(13)31)21(30)15(3)25(32)10-8-17-16-11-20-26(34-20)9-6-7-19(29)23(26,4)18(16)12-27(28,33)24(17,25)5/h6-7,15-18,20-21,30,32-33H,8-12H2,1-5H3. The monoisotopic (exact) mass is 484 g/mol. The van der Waals surface area contributed by atoms with Crippen LogP contribution < -0.4 is 0 Å². The molecular weight excluding hydrogens is 448 g/mol. The van der Waals surface area contributed by atoms with Gasteiger partial charge in [0.1, 0.15) is 17.3 Å². The summed E-state index contributed by atoms with van der Waals surface area (Å²) in [5.41, 5.74) is -6.25. The summed E-state index contributed by atoms with van der Waals surface area (Å²) in [4.78, 5) is 26.5. The fourth-order valence-corrected chi connectivity index (χ4v) is 10.8. The number of ether oxygens (including phenoxy) is 2. The molecule has 0 aromatic carbocycles. The second-order valence-electron chi connectivity index (χ2n) is 13.1. The highest BCUT2D eigenvalue weighted by Crippen LogP contribution is 2.79. The van der Waals surface area contributed by atoms with Crippen molar-refractivity contribution in [2.45, 2.75) is 101 Å². The molecule has 1 saturated heterocycles. The largest absolute Gasteiger partial charge is 0.445 e. The number of aliphatic hydroxyl groups is 3. The number of hydrogen-bond acceptors (Lipinski definition) is 7. The molecule has 190 valence electrons. The molecule has 35 heavy (non-hydrogen) atoms. The molecule has 12 atom stereocenters. The highest BCUT2D eigenvalue weighted by atomic mass is 16.6. The maximum Gasteiger partial charge on any atom is 0.334 e. The van der Waals surface area contributed by atoms with Crippen LogP contribution in [0.1, 0.15) is 66.7 Å². The molecule has 5 aliphatic carbocycles. The van der Waals surface area contributed by atoms with Crippen molar-refractivity contribution in [3.63, 3.8) is 0 Å². The third kappa shape index (κ3) is 1.88. The Morgan fingerprint density at radius 1 is 1.11 bits per heavy atom. The number of rotatable bonds is 0. The zero-order chi connectivity index (χ0) is 25.1. The summed E-state index contributed by atoms with van der Waals surface area (Å²) < 4.78 is 12.4. The summed E-state index contributed by atoms with van der Waals surface area (Å²) in [6, 6.07) is 0. The highest BCUT2D eigenvalue weighted by Gasteiger charge is 2.88. The smallest absolute Gasteiger partial charge is 0.334 e. The number of epoxide rings is 1. The molecule has 0 bridgehead atoms. The molecule has 12 unspecified atom stereocenters. The molecule has 7 aliphatic rings. The van der Waals surface area contributed by atoms with Crippen LogP contribution in [0.3, 0.4) is 0 Å². The minimum atomic E-state index is -1.76. The lowest BCUT2D eigenvalue weighted by atomic mass is 9.35. The summed E-state index contributed by atoms with van der Waals surface area (Å²) in [6.45, 7) is 9.18. The average Bonchev–Trinajstić information content (AvgIpc) is 3.38. The molecule has 4 saturated carbocycles. The van der Waals surface area contributed by atoms with Crippen LogP contribution in [0.25, 0.3) is 0 Å². The van der Waals surface area contributed by atoms with Crippen LogP contribution in [-0.4, -0.2) is 61.7 Å². The predicted octanol–water partition coefficient (Wildman–Crippen LogP) is 2.22. The van der Waals surface area contributed by atoms with Crippen molar-refractivity contribution >= 4 is 11.8 Å². The van der Waals surface area contributed by atoms with Crippen LogP contribution in [0.2, 0.25) is 0 Å². The van der Waals surface area contributed by atoms with Crippen molar-refractivity contribution in [2.75, 3.05) is 0 Å². The molecular formula is C28H36O7. The fraction of sp³-hybridized carbons (Fsp3) is 0.786. The third-order valence-corrected chi connectivity index (χ3v) is 12.9.